The molecule has 0 unspecified atom stereocenters. The minimum Gasteiger partial charge on any atom is -0.312 e. The Morgan fingerprint density at radius 3 is 2.65 bits per heavy atom. The standard InChI is InChI=1S/C13H23N3O2S2/c1-3-4-14-10-12-9-13(11-19-12)20(17,18)16-7-5-15(2)6-8-16/h9,11,14H,3-8,10H2,1-2H3. The largest absolute Gasteiger partial charge is 0.312 e. The van der Waals surface area contributed by atoms with Gasteiger partial charge in [-0.05, 0) is 26.1 Å². The Balaban J connectivity index is 2.02. The quantitative estimate of drug-likeness (QED) is 0.801. The first-order chi connectivity index (χ1) is 9.54. The van der Waals surface area contributed by atoms with Crippen LogP contribution in [-0.2, 0) is 16.6 Å². The van der Waals surface area contributed by atoms with E-state index in [0.717, 1.165) is 37.5 Å². The fourth-order valence-corrected chi connectivity index (χ4v) is 4.81. The molecule has 1 aliphatic heterocycles. The maximum absolute atomic E-state index is 12.5. The maximum atomic E-state index is 12.5. The zero-order valence-corrected chi connectivity index (χ0v) is 13.8. The first-order valence-electron chi connectivity index (χ1n) is 7.01. The van der Waals surface area contributed by atoms with Crippen molar-refractivity contribution in [2.24, 2.45) is 0 Å². The van der Waals surface area contributed by atoms with E-state index in [9.17, 15) is 8.42 Å². The van der Waals surface area contributed by atoms with E-state index in [0.29, 0.717) is 18.0 Å². The van der Waals surface area contributed by atoms with Crippen molar-refractivity contribution in [3.05, 3.63) is 16.3 Å². The average Bonchev–Trinajstić information content (AvgIpc) is 2.89. The molecule has 0 amide bonds. The molecule has 1 saturated heterocycles. The van der Waals surface area contributed by atoms with Crippen LogP contribution in [0.2, 0.25) is 0 Å². The van der Waals surface area contributed by atoms with Gasteiger partial charge < -0.3 is 10.2 Å². The molecule has 1 aromatic heterocycles. The molecule has 114 valence electrons. The van der Waals surface area contributed by atoms with Gasteiger partial charge in [-0.3, -0.25) is 0 Å². The highest BCUT2D eigenvalue weighted by Gasteiger charge is 2.28. The van der Waals surface area contributed by atoms with Crippen molar-refractivity contribution in [3.8, 4) is 0 Å². The Morgan fingerprint density at radius 2 is 2.00 bits per heavy atom. The van der Waals surface area contributed by atoms with Crippen LogP contribution in [0.1, 0.15) is 18.2 Å². The van der Waals surface area contributed by atoms with Crippen LogP contribution in [0.3, 0.4) is 0 Å². The zero-order chi connectivity index (χ0) is 14.6. The summed E-state index contributed by atoms with van der Waals surface area (Å²) in [5, 5.41) is 5.06. The average molecular weight is 317 g/mol. The lowest BCUT2D eigenvalue weighted by molar-refractivity contribution is 0.222. The number of nitrogens with zero attached hydrogens (tertiary/aromatic N) is 2. The molecule has 1 N–H and O–H groups in total. The van der Waals surface area contributed by atoms with E-state index in [2.05, 4.69) is 17.1 Å². The third-order valence-electron chi connectivity index (χ3n) is 3.46. The summed E-state index contributed by atoms with van der Waals surface area (Å²) in [5.74, 6) is 0. The summed E-state index contributed by atoms with van der Waals surface area (Å²) >= 11 is 1.51. The fraction of sp³-hybridized carbons (Fsp3) is 0.692. The number of nitrogens with one attached hydrogen (secondary N) is 1. The first-order valence-corrected chi connectivity index (χ1v) is 9.33. The minimum atomic E-state index is -3.31. The van der Waals surface area contributed by atoms with Gasteiger partial charge >= 0.3 is 0 Å². The molecule has 0 bridgehead atoms. The van der Waals surface area contributed by atoms with E-state index < -0.39 is 10.0 Å². The molecule has 0 atom stereocenters. The second kappa shape index (κ2) is 7.00. The SMILES string of the molecule is CCCNCc1cc(S(=O)(=O)N2CCN(C)CC2)cs1. The minimum absolute atomic E-state index is 0.445. The number of likely N-dealkylation sites (N-methyl/N-ethyl adjacent to an activating group) is 1. The van der Waals surface area contributed by atoms with Crippen LogP contribution in [0.4, 0.5) is 0 Å². The highest BCUT2D eigenvalue weighted by Crippen LogP contribution is 2.23. The lowest BCUT2D eigenvalue weighted by atomic mass is 10.4. The maximum Gasteiger partial charge on any atom is 0.243 e. The highest BCUT2D eigenvalue weighted by molar-refractivity contribution is 7.89. The molecule has 1 aliphatic rings. The van der Waals surface area contributed by atoms with Crippen molar-refractivity contribution in [3.63, 3.8) is 0 Å². The zero-order valence-electron chi connectivity index (χ0n) is 12.1. The Labute approximate surface area is 125 Å². The molecule has 1 aromatic rings. The van der Waals surface area contributed by atoms with Crippen molar-refractivity contribution >= 4 is 21.4 Å². The summed E-state index contributed by atoms with van der Waals surface area (Å²) in [6, 6.07) is 1.81. The Kier molecular flexibility index (Phi) is 5.57. The number of hydrogen-bond donors (Lipinski definition) is 1. The molecule has 0 radical (unpaired) electrons. The van der Waals surface area contributed by atoms with Gasteiger partial charge in [0.15, 0.2) is 0 Å². The van der Waals surface area contributed by atoms with E-state index in [-0.39, 0.29) is 0 Å². The van der Waals surface area contributed by atoms with E-state index in [1.54, 1.807) is 15.8 Å². The Bertz CT molecular complexity index is 519. The molecule has 7 heteroatoms. The molecular weight excluding hydrogens is 294 g/mol. The van der Waals surface area contributed by atoms with Crippen LogP contribution in [-0.4, -0.2) is 57.4 Å². The van der Waals surface area contributed by atoms with E-state index in [1.165, 1.54) is 11.3 Å². The number of rotatable bonds is 6. The predicted octanol–water partition coefficient (Wildman–Crippen LogP) is 1.18. The van der Waals surface area contributed by atoms with Gasteiger partial charge in [0.25, 0.3) is 0 Å². The van der Waals surface area contributed by atoms with Gasteiger partial charge in [0.2, 0.25) is 10.0 Å². The molecule has 0 saturated carbocycles. The molecule has 0 aliphatic carbocycles. The Hall–Kier alpha value is -0.470. The normalized spacial score (nSPS) is 18.5. The van der Waals surface area contributed by atoms with Crippen LogP contribution >= 0.6 is 11.3 Å². The molecule has 1 fully saturated rings. The molecule has 0 spiro atoms. The van der Waals surface area contributed by atoms with Crippen LogP contribution in [0.5, 0.6) is 0 Å². The summed E-state index contributed by atoms with van der Waals surface area (Å²) in [6.07, 6.45) is 1.08. The van der Waals surface area contributed by atoms with Crippen molar-refractivity contribution in [1.29, 1.82) is 0 Å². The number of piperazine rings is 1. The molecule has 20 heavy (non-hydrogen) atoms. The van der Waals surface area contributed by atoms with Crippen LogP contribution in [0, 0.1) is 0 Å². The van der Waals surface area contributed by atoms with Gasteiger partial charge in [0, 0.05) is 43.0 Å². The Morgan fingerprint density at radius 1 is 1.30 bits per heavy atom. The second-order valence-electron chi connectivity index (χ2n) is 5.13. The number of hydrogen-bond acceptors (Lipinski definition) is 5. The first kappa shape index (κ1) is 15.9. The lowest BCUT2D eigenvalue weighted by Crippen LogP contribution is -2.46. The third kappa shape index (κ3) is 3.79. The topological polar surface area (TPSA) is 52.7 Å². The van der Waals surface area contributed by atoms with Gasteiger partial charge in [-0.15, -0.1) is 11.3 Å². The van der Waals surface area contributed by atoms with E-state index in [4.69, 9.17) is 0 Å². The number of thiophene rings is 1. The molecule has 0 aromatic carbocycles. The van der Waals surface area contributed by atoms with Crippen molar-refractivity contribution in [2.75, 3.05) is 39.8 Å². The summed E-state index contributed by atoms with van der Waals surface area (Å²) in [6.45, 7) is 6.58. The molecular formula is C13H23N3O2S2. The van der Waals surface area contributed by atoms with Crippen molar-refractivity contribution in [1.82, 2.24) is 14.5 Å². The van der Waals surface area contributed by atoms with Crippen LogP contribution < -0.4 is 5.32 Å². The van der Waals surface area contributed by atoms with Gasteiger partial charge in [-0.2, -0.15) is 4.31 Å². The van der Waals surface area contributed by atoms with Gasteiger partial charge in [-0.25, -0.2) is 8.42 Å². The van der Waals surface area contributed by atoms with E-state index in [1.807, 2.05) is 7.05 Å². The number of sulfonamides is 1. The highest BCUT2D eigenvalue weighted by atomic mass is 32.2. The van der Waals surface area contributed by atoms with Crippen molar-refractivity contribution < 1.29 is 8.42 Å². The van der Waals surface area contributed by atoms with E-state index >= 15 is 0 Å². The van der Waals surface area contributed by atoms with Gasteiger partial charge in [0.1, 0.15) is 0 Å². The third-order valence-corrected chi connectivity index (χ3v) is 6.42. The monoisotopic (exact) mass is 317 g/mol. The van der Waals surface area contributed by atoms with Gasteiger partial charge in [0.05, 0.1) is 4.90 Å². The van der Waals surface area contributed by atoms with Crippen molar-refractivity contribution in [2.45, 2.75) is 24.8 Å². The molecule has 2 rings (SSSR count). The molecule has 5 nitrogen and oxygen atoms in total. The fourth-order valence-electron chi connectivity index (χ4n) is 2.15. The lowest BCUT2D eigenvalue weighted by Gasteiger charge is -2.31. The van der Waals surface area contributed by atoms with Gasteiger partial charge in [-0.1, -0.05) is 6.92 Å². The predicted molar refractivity (Wildman–Crippen MR) is 82.6 cm³/mol. The summed E-state index contributed by atoms with van der Waals surface area (Å²) in [4.78, 5) is 3.67. The summed E-state index contributed by atoms with van der Waals surface area (Å²) in [5.41, 5.74) is 0. The second-order valence-corrected chi connectivity index (χ2v) is 8.07. The van der Waals surface area contributed by atoms with Crippen LogP contribution in [0.25, 0.3) is 0 Å². The summed E-state index contributed by atoms with van der Waals surface area (Å²) in [7, 11) is -1.29. The van der Waals surface area contributed by atoms with Crippen LogP contribution in [0.15, 0.2) is 16.3 Å². The smallest absolute Gasteiger partial charge is 0.243 e. The summed E-state index contributed by atoms with van der Waals surface area (Å²) < 4.78 is 26.7. The molecule has 2 heterocycles.